The monoisotopic (exact) mass is 305 g/mol. The fourth-order valence-corrected chi connectivity index (χ4v) is 2.70. The summed E-state index contributed by atoms with van der Waals surface area (Å²) in [5.41, 5.74) is 0.435. The average molecular weight is 305 g/mol. The van der Waals surface area contributed by atoms with Crippen molar-refractivity contribution in [2.24, 2.45) is 0 Å². The number of rotatable bonds is 6. The second-order valence-corrected chi connectivity index (χ2v) is 5.47. The molecule has 0 amide bonds. The Morgan fingerprint density at radius 3 is 2.68 bits per heavy atom. The molecule has 3 rings (SSSR count). The Morgan fingerprint density at radius 1 is 1.36 bits per heavy atom. The van der Waals surface area contributed by atoms with Crippen LogP contribution in [0.5, 0.6) is 0 Å². The van der Waals surface area contributed by atoms with Crippen LogP contribution < -0.4 is 5.32 Å². The molecule has 0 spiro atoms. The van der Waals surface area contributed by atoms with Gasteiger partial charge in [-0.15, -0.1) is 10.2 Å². The SMILES string of the molecule is CCn1nc(C)c([N+](=O)[O-])c1NCc1nnc(C)n1C1CC1. The molecule has 2 aromatic rings. The van der Waals surface area contributed by atoms with E-state index in [0.717, 1.165) is 24.5 Å². The molecule has 0 aliphatic heterocycles. The Balaban J connectivity index is 1.86. The number of aryl methyl sites for hydroxylation is 3. The molecule has 0 atom stereocenters. The van der Waals surface area contributed by atoms with Crippen LogP contribution in [0.4, 0.5) is 11.5 Å². The van der Waals surface area contributed by atoms with Crippen molar-refractivity contribution in [3.05, 3.63) is 27.5 Å². The first kappa shape index (κ1) is 14.5. The summed E-state index contributed by atoms with van der Waals surface area (Å²) >= 11 is 0. The number of aromatic nitrogens is 5. The Kier molecular flexibility index (Phi) is 3.55. The van der Waals surface area contributed by atoms with E-state index in [2.05, 4.69) is 25.2 Å². The highest BCUT2D eigenvalue weighted by Crippen LogP contribution is 2.36. The highest BCUT2D eigenvalue weighted by Gasteiger charge is 2.29. The summed E-state index contributed by atoms with van der Waals surface area (Å²) in [6.07, 6.45) is 2.27. The molecule has 9 heteroatoms. The second kappa shape index (κ2) is 5.39. The predicted octanol–water partition coefficient (Wildman–Crippen LogP) is 1.97. The average Bonchev–Trinajstić information content (AvgIpc) is 3.15. The first-order valence-corrected chi connectivity index (χ1v) is 7.39. The zero-order chi connectivity index (χ0) is 15.9. The van der Waals surface area contributed by atoms with Gasteiger partial charge in [-0.1, -0.05) is 0 Å². The van der Waals surface area contributed by atoms with Gasteiger partial charge in [0.2, 0.25) is 5.82 Å². The normalized spacial score (nSPS) is 14.3. The quantitative estimate of drug-likeness (QED) is 0.646. The van der Waals surface area contributed by atoms with Gasteiger partial charge >= 0.3 is 5.69 Å². The Bertz CT molecular complexity index is 714. The molecule has 0 aromatic carbocycles. The van der Waals surface area contributed by atoms with E-state index in [-0.39, 0.29) is 5.69 Å². The zero-order valence-corrected chi connectivity index (χ0v) is 12.9. The molecule has 2 heterocycles. The molecular formula is C13H19N7O2. The number of nitrogens with zero attached hydrogens (tertiary/aromatic N) is 6. The standard InChI is InChI=1S/C13H19N7O2/c1-4-18-13(12(20(21)22)8(2)17-18)14-7-11-16-15-9(3)19(11)10-5-6-10/h10,14H,4-7H2,1-3H3. The number of nitro groups is 1. The fraction of sp³-hybridized carbons (Fsp3) is 0.615. The van der Waals surface area contributed by atoms with Gasteiger partial charge in [0.05, 0.1) is 11.5 Å². The van der Waals surface area contributed by atoms with E-state index >= 15 is 0 Å². The first-order chi connectivity index (χ1) is 10.5. The highest BCUT2D eigenvalue weighted by atomic mass is 16.6. The smallest absolute Gasteiger partial charge is 0.333 e. The summed E-state index contributed by atoms with van der Waals surface area (Å²) in [6, 6.07) is 0.472. The molecule has 0 radical (unpaired) electrons. The summed E-state index contributed by atoms with van der Waals surface area (Å²) in [5.74, 6) is 2.11. The van der Waals surface area contributed by atoms with Gasteiger partial charge in [-0.25, -0.2) is 4.68 Å². The third-order valence-corrected chi connectivity index (χ3v) is 3.84. The predicted molar refractivity (Wildman–Crippen MR) is 79.6 cm³/mol. The van der Waals surface area contributed by atoms with Crippen LogP contribution in [-0.4, -0.2) is 29.5 Å². The molecule has 0 saturated heterocycles. The maximum atomic E-state index is 11.3. The largest absolute Gasteiger partial charge is 0.357 e. The van der Waals surface area contributed by atoms with Crippen molar-refractivity contribution in [3.8, 4) is 0 Å². The van der Waals surface area contributed by atoms with Crippen LogP contribution in [-0.2, 0) is 13.1 Å². The van der Waals surface area contributed by atoms with E-state index in [1.54, 1.807) is 11.6 Å². The van der Waals surface area contributed by atoms with Crippen LogP contribution in [0.3, 0.4) is 0 Å². The molecule has 0 bridgehead atoms. The van der Waals surface area contributed by atoms with Crippen LogP contribution in [0.15, 0.2) is 0 Å². The topological polar surface area (TPSA) is 104 Å². The van der Waals surface area contributed by atoms with Gasteiger partial charge in [-0.3, -0.25) is 10.1 Å². The molecule has 22 heavy (non-hydrogen) atoms. The van der Waals surface area contributed by atoms with Crippen LogP contribution in [0.1, 0.15) is 43.1 Å². The molecule has 1 aliphatic carbocycles. The van der Waals surface area contributed by atoms with Crippen molar-refractivity contribution >= 4 is 11.5 Å². The molecule has 118 valence electrons. The lowest BCUT2D eigenvalue weighted by molar-refractivity contribution is -0.384. The van der Waals surface area contributed by atoms with Crippen molar-refractivity contribution in [2.45, 2.75) is 52.7 Å². The second-order valence-electron chi connectivity index (χ2n) is 5.47. The number of hydrogen-bond acceptors (Lipinski definition) is 6. The van der Waals surface area contributed by atoms with Crippen molar-refractivity contribution in [2.75, 3.05) is 5.32 Å². The molecule has 1 N–H and O–H groups in total. The van der Waals surface area contributed by atoms with Gasteiger partial charge < -0.3 is 9.88 Å². The minimum absolute atomic E-state index is 0.0241. The molecule has 1 saturated carbocycles. The molecule has 0 unspecified atom stereocenters. The molecule has 1 fully saturated rings. The van der Waals surface area contributed by atoms with Crippen molar-refractivity contribution in [1.29, 1.82) is 0 Å². The number of nitrogens with one attached hydrogen (secondary N) is 1. The highest BCUT2D eigenvalue weighted by molar-refractivity contribution is 5.59. The van der Waals surface area contributed by atoms with Gasteiger partial charge in [-0.05, 0) is 33.6 Å². The number of hydrogen-bond donors (Lipinski definition) is 1. The van der Waals surface area contributed by atoms with Crippen molar-refractivity contribution < 1.29 is 4.92 Å². The van der Waals surface area contributed by atoms with Gasteiger partial charge in [0.1, 0.15) is 11.5 Å². The van der Waals surface area contributed by atoms with Gasteiger partial charge in [0, 0.05) is 12.6 Å². The van der Waals surface area contributed by atoms with Crippen molar-refractivity contribution in [1.82, 2.24) is 24.5 Å². The molecule has 1 aliphatic rings. The third kappa shape index (κ3) is 2.42. The summed E-state index contributed by atoms with van der Waals surface area (Å²) < 4.78 is 3.72. The van der Waals surface area contributed by atoms with E-state index in [4.69, 9.17) is 0 Å². The summed E-state index contributed by atoms with van der Waals surface area (Å²) in [7, 11) is 0. The minimum atomic E-state index is -0.395. The third-order valence-electron chi connectivity index (χ3n) is 3.84. The Morgan fingerprint density at radius 2 is 2.09 bits per heavy atom. The Hall–Kier alpha value is -2.45. The summed E-state index contributed by atoms with van der Waals surface area (Å²) in [4.78, 5) is 10.9. The van der Waals surface area contributed by atoms with E-state index in [1.807, 2.05) is 13.8 Å². The van der Waals surface area contributed by atoms with Crippen LogP contribution in [0, 0.1) is 24.0 Å². The first-order valence-electron chi connectivity index (χ1n) is 7.39. The Labute approximate surface area is 127 Å². The van der Waals surface area contributed by atoms with E-state index in [0.29, 0.717) is 30.6 Å². The van der Waals surface area contributed by atoms with Gasteiger partial charge in [0.15, 0.2) is 5.82 Å². The van der Waals surface area contributed by atoms with Gasteiger partial charge in [0.25, 0.3) is 0 Å². The zero-order valence-electron chi connectivity index (χ0n) is 12.9. The van der Waals surface area contributed by atoms with Crippen LogP contribution in [0.25, 0.3) is 0 Å². The maximum absolute atomic E-state index is 11.3. The number of anilines is 1. The fourth-order valence-electron chi connectivity index (χ4n) is 2.70. The lowest BCUT2D eigenvalue weighted by Crippen LogP contribution is -2.12. The van der Waals surface area contributed by atoms with E-state index in [1.165, 1.54) is 0 Å². The lowest BCUT2D eigenvalue weighted by Gasteiger charge is -2.09. The molecule has 2 aromatic heterocycles. The van der Waals surface area contributed by atoms with Crippen LogP contribution >= 0.6 is 0 Å². The minimum Gasteiger partial charge on any atom is -0.357 e. The van der Waals surface area contributed by atoms with Crippen molar-refractivity contribution in [3.63, 3.8) is 0 Å². The van der Waals surface area contributed by atoms with E-state index < -0.39 is 4.92 Å². The summed E-state index contributed by atoms with van der Waals surface area (Å²) in [5, 5.41) is 26.9. The summed E-state index contributed by atoms with van der Waals surface area (Å²) in [6.45, 7) is 6.43. The van der Waals surface area contributed by atoms with Gasteiger partial charge in [-0.2, -0.15) is 5.10 Å². The van der Waals surface area contributed by atoms with E-state index in [9.17, 15) is 10.1 Å². The maximum Gasteiger partial charge on any atom is 0.333 e. The lowest BCUT2D eigenvalue weighted by atomic mass is 10.4. The molecular weight excluding hydrogens is 286 g/mol. The molecule has 9 nitrogen and oxygen atoms in total. The van der Waals surface area contributed by atoms with Crippen LogP contribution in [0.2, 0.25) is 0 Å².